The number of rotatable bonds is 6. The third-order valence-corrected chi connectivity index (χ3v) is 4.12. The highest BCUT2D eigenvalue weighted by molar-refractivity contribution is 6.30. The largest absolute Gasteiger partial charge is 0.493 e. The van der Waals surface area contributed by atoms with Crippen molar-refractivity contribution in [3.63, 3.8) is 0 Å². The van der Waals surface area contributed by atoms with Gasteiger partial charge in [0.1, 0.15) is 12.7 Å². The van der Waals surface area contributed by atoms with E-state index in [1.54, 1.807) is 25.4 Å². The first-order valence-electron chi connectivity index (χ1n) is 8.28. The van der Waals surface area contributed by atoms with Crippen molar-refractivity contribution in [2.75, 3.05) is 7.11 Å². The van der Waals surface area contributed by atoms with E-state index in [9.17, 15) is 5.26 Å². The molecule has 3 aromatic rings. The fourth-order valence-electron chi connectivity index (χ4n) is 2.49. The van der Waals surface area contributed by atoms with Crippen molar-refractivity contribution in [3.05, 3.63) is 88.7 Å². The monoisotopic (exact) mass is 376 g/mol. The molecule has 0 amide bonds. The summed E-state index contributed by atoms with van der Waals surface area (Å²) in [6, 6.07) is 20.7. The van der Waals surface area contributed by atoms with E-state index < -0.39 is 0 Å². The molecule has 0 unspecified atom stereocenters. The van der Waals surface area contributed by atoms with Gasteiger partial charge in [-0.1, -0.05) is 35.9 Å². The number of ether oxygens (including phenoxy) is 2. The fourth-order valence-corrected chi connectivity index (χ4v) is 2.61. The molecule has 1 aromatic heterocycles. The lowest BCUT2D eigenvalue weighted by atomic mass is 10.1. The summed E-state index contributed by atoms with van der Waals surface area (Å²) < 4.78 is 11.3. The van der Waals surface area contributed by atoms with Crippen molar-refractivity contribution < 1.29 is 9.47 Å². The van der Waals surface area contributed by atoms with Crippen LogP contribution in [0.25, 0.3) is 11.6 Å². The number of halogens is 1. The molecule has 3 rings (SSSR count). The van der Waals surface area contributed by atoms with Crippen LogP contribution in [-0.2, 0) is 6.61 Å². The zero-order chi connectivity index (χ0) is 19.1. The summed E-state index contributed by atoms with van der Waals surface area (Å²) in [6.45, 7) is 0.403. The van der Waals surface area contributed by atoms with Crippen LogP contribution in [0.4, 0.5) is 0 Å². The summed E-state index contributed by atoms with van der Waals surface area (Å²) in [5, 5.41) is 10.1. The molecule has 0 N–H and O–H groups in total. The molecule has 0 spiro atoms. The first kappa shape index (κ1) is 18.5. The Balaban J connectivity index is 1.80. The lowest BCUT2D eigenvalue weighted by Gasteiger charge is -2.11. The van der Waals surface area contributed by atoms with Crippen molar-refractivity contribution in [3.8, 4) is 17.6 Å². The van der Waals surface area contributed by atoms with Crippen LogP contribution >= 0.6 is 11.6 Å². The first-order valence-corrected chi connectivity index (χ1v) is 8.66. The number of hydrogen-bond donors (Lipinski definition) is 0. The zero-order valence-corrected chi connectivity index (χ0v) is 15.5. The average Bonchev–Trinajstić information content (AvgIpc) is 2.72. The quantitative estimate of drug-likeness (QED) is 0.541. The Morgan fingerprint density at radius 2 is 1.93 bits per heavy atom. The normalized spacial score (nSPS) is 10.9. The molecule has 0 fully saturated rings. The van der Waals surface area contributed by atoms with Crippen LogP contribution in [0.1, 0.15) is 16.8 Å². The molecule has 0 radical (unpaired) electrons. The lowest BCUT2D eigenvalue weighted by Crippen LogP contribution is -1.98. The Morgan fingerprint density at radius 1 is 1.11 bits per heavy atom. The molecule has 0 atom stereocenters. The third kappa shape index (κ3) is 4.87. The highest BCUT2D eigenvalue weighted by Crippen LogP contribution is 2.30. The van der Waals surface area contributed by atoms with E-state index >= 15 is 0 Å². The smallest absolute Gasteiger partial charge is 0.161 e. The maximum Gasteiger partial charge on any atom is 0.161 e. The standard InChI is InChI=1S/C22H17ClN2O2/c1-26-22-13-17(12-18(14-24)20-4-2-3-11-25-20)7-10-21(22)27-15-16-5-8-19(23)9-6-16/h2-13H,15H2,1H3. The van der Waals surface area contributed by atoms with Crippen molar-refractivity contribution >= 4 is 23.3 Å². The molecule has 0 saturated carbocycles. The minimum absolute atomic E-state index is 0.403. The van der Waals surface area contributed by atoms with Crippen LogP contribution in [0.3, 0.4) is 0 Å². The average molecular weight is 377 g/mol. The first-order chi connectivity index (χ1) is 13.2. The number of hydrogen-bond acceptors (Lipinski definition) is 4. The minimum atomic E-state index is 0.403. The van der Waals surface area contributed by atoms with Crippen LogP contribution in [0.15, 0.2) is 66.9 Å². The Kier molecular flexibility index (Phi) is 6.09. The molecule has 1 heterocycles. The molecule has 0 aliphatic rings. The van der Waals surface area contributed by atoms with E-state index in [1.165, 1.54) is 0 Å². The molecule has 0 saturated heterocycles. The zero-order valence-electron chi connectivity index (χ0n) is 14.7. The summed E-state index contributed by atoms with van der Waals surface area (Å²) in [6.07, 6.45) is 3.43. The fraction of sp³-hybridized carbons (Fsp3) is 0.0909. The van der Waals surface area contributed by atoms with E-state index in [4.69, 9.17) is 21.1 Å². The van der Waals surface area contributed by atoms with Gasteiger partial charge in [-0.25, -0.2) is 0 Å². The van der Waals surface area contributed by atoms with Gasteiger partial charge in [0.05, 0.1) is 18.4 Å². The summed E-state index contributed by atoms with van der Waals surface area (Å²) in [7, 11) is 1.59. The van der Waals surface area contributed by atoms with E-state index in [1.807, 2.05) is 54.6 Å². The topological polar surface area (TPSA) is 55.1 Å². The van der Waals surface area contributed by atoms with Crippen molar-refractivity contribution in [1.82, 2.24) is 4.98 Å². The SMILES string of the molecule is COc1cc(C=C(C#N)c2ccccn2)ccc1OCc1ccc(Cl)cc1. The van der Waals surface area contributed by atoms with E-state index in [2.05, 4.69) is 11.1 Å². The maximum absolute atomic E-state index is 9.43. The van der Waals surface area contributed by atoms with Crippen LogP contribution in [0.2, 0.25) is 5.02 Å². The summed E-state index contributed by atoms with van der Waals surface area (Å²) in [5.74, 6) is 1.22. The summed E-state index contributed by atoms with van der Waals surface area (Å²) in [5.41, 5.74) is 2.94. The maximum atomic E-state index is 9.43. The second-order valence-electron chi connectivity index (χ2n) is 5.71. The van der Waals surface area contributed by atoms with Crippen LogP contribution in [0, 0.1) is 11.3 Å². The van der Waals surface area contributed by atoms with Gasteiger partial charge in [0.25, 0.3) is 0 Å². The Labute approximate surface area is 163 Å². The number of benzene rings is 2. The number of methoxy groups -OCH3 is 1. The number of nitriles is 1. The van der Waals surface area contributed by atoms with Gasteiger partial charge in [0.2, 0.25) is 0 Å². The van der Waals surface area contributed by atoms with E-state index in [0.29, 0.717) is 34.4 Å². The number of pyridine rings is 1. The Hall–Kier alpha value is -3.29. The summed E-state index contributed by atoms with van der Waals surface area (Å²) in [4.78, 5) is 4.22. The molecular weight excluding hydrogens is 360 g/mol. The van der Waals surface area contributed by atoms with Gasteiger partial charge in [0, 0.05) is 11.2 Å². The summed E-state index contributed by atoms with van der Waals surface area (Å²) >= 11 is 5.90. The van der Waals surface area contributed by atoms with E-state index in [-0.39, 0.29) is 0 Å². The van der Waals surface area contributed by atoms with E-state index in [0.717, 1.165) is 11.1 Å². The van der Waals surface area contributed by atoms with Crippen molar-refractivity contribution in [2.45, 2.75) is 6.61 Å². The lowest BCUT2D eigenvalue weighted by molar-refractivity contribution is 0.284. The minimum Gasteiger partial charge on any atom is -0.493 e. The molecule has 0 bridgehead atoms. The third-order valence-electron chi connectivity index (χ3n) is 3.87. The van der Waals surface area contributed by atoms with Gasteiger partial charge in [-0.15, -0.1) is 0 Å². The predicted octanol–water partition coefficient (Wildman–Crippen LogP) is 5.39. The van der Waals surface area contributed by atoms with Crippen LogP contribution in [-0.4, -0.2) is 12.1 Å². The molecular formula is C22H17ClN2O2. The van der Waals surface area contributed by atoms with Crippen LogP contribution < -0.4 is 9.47 Å². The van der Waals surface area contributed by atoms with Crippen LogP contribution in [0.5, 0.6) is 11.5 Å². The molecule has 0 aliphatic carbocycles. The second-order valence-corrected chi connectivity index (χ2v) is 6.15. The number of allylic oxidation sites excluding steroid dienone is 1. The molecule has 27 heavy (non-hydrogen) atoms. The van der Waals surface area contributed by atoms with Gasteiger partial charge in [-0.05, 0) is 53.6 Å². The molecule has 5 heteroatoms. The molecule has 4 nitrogen and oxygen atoms in total. The Bertz CT molecular complexity index is 977. The van der Waals surface area contributed by atoms with Gasteiger partial charge in [-0.3, -0.25) is 4.98 Å². The Morgan fingerprint density at radius 3 is 2.59 bits per heavy atom. The van der Waals surface area contributed by atoms with Gasteiger partial charge in [-0.2, -0.15) is 5.26 Å². The second kappa shape index (κ2) is 8.88. The van der Waals surface area contributed by atoms with Gasteiger partial charge >= 0.3 is 0 Å². The van der Waals surface area contributed by atoms with Crippen molar-refractivity contribution in [1.29, 1.82) is 5.26 Å². The highest BCUT2D eigenvalue weighted by Gasteiger charge is 2.08. The van der Waals surface area contributed by atoms with Gasteiger partial charge < -0.3 is 9.47 Å². The van der Waals surface area contributed by atoms with Crippen molar-refractivity contribution in [2.24, 2.45) is 0 Å². The highest BCUT2D eigenvalue weighted by atomic mass is 35.5. The van der Waals surface area contributed by atoms with Gasteiger partial charge in [0.15, 0.2) is 11.5 Å². The predicted molar refractivity (Wildman–Crippen MR) is 106 cm³/mol. The molecule has 134 valence electrons. The molecule has 0 aliphatic heterocycles. The molecule has 2 aromatic carbocycles. The number of aromatic nitrogens is 1. The number of nitrogens with zero attached hydrogens (tertiary/aromatic N) is 2.